The molecule has 0 aliphatic carbocycles. The van der Waals surface area contributed by atoms with Crippen molar-refractivity contribution in [1.29, 1.82) is 0 Å². The minimum absolute atomic E-state index is 0.248. The molecule has 122 valence electrons. The summed E-state index contributed by atoms with van der Waals surface area (Å²) in [5.74, 6) is 0.130. The molecule has 4 nitrogen and oxygen atoms in total. The summed E-state index contributed by atoms with van der Waals surface area (Å²) in [5, 5.41) is 4.32. The van der Waals surface area contributed by atoms with Crippen molar-refractivity contribution in [1.82, 2.24) is 9.97 Å². The number of anilines is 2. The van der Waals surface area contributed by atoms with Gasteiger partial charge in [0.05, 0.1) is 5.39 Å². The zero-order valence-corrected chi connectivity index (χ0v) is 13.2. The Bertz CT molecular complexity index is 1110. The molecular formula is C20H14FN3O. The Morgan fingerprint density at radius 2 is 1.84 bits per heavy atom. The van der Waals surface area contributed by atoms with E-state index in [0.717, 1.165) is 5.69 Å². The third kappa shape index (κ3) is 2.87. The highest BCUT2D eigenvalue weighted by Gasteiger charge is 2.13. The lowest BCUT2D eigenvalue weighted by molar-refractivity contribution is 0.628. The van der Waals surface area contributed by atoms with Crippen LogP contribution in [0.25, 0.3) is 21.9 Å². The van der Waals surface area contributed by atoms with Crippen molar-refractivity contribution in [3.8, 4) is 11.1 Å². The second-order valence-corrected chi connectivity index (χ2v) is 5.62. The number of nitrogens with zero attached hydrogens (tertiary/aromatic N) is 1. The fourth-order valence-corrected chi connectivity index (χ4v) is 2.84. The van der Waals surface area contributed by atoms with Crippen LogP contribution in [0.15, 0.2) is 77.9 Å². The monoisotopic (exact) mass is 331 g/mol. The Balaban J connectivity index is 1.93. The van der Waals surface area contributed by atoms with Gasteiger partial charge >= 0.3 is 0 Å². The molecule has 0 amide bonds. The molecule has 4 rings (SSSR count). The number of nitrogens with one attached hydrogen (secondary N) is 2. The highest BCUT2D eigenvalue weighted by Crippen LogP contribution is 2.30. The summed E-state index contributed by atoms with van der Waals surface area (Å²) < 4.78 is 13.6. The van der Waals surface area contributed by atoms with Crippen molar-refractivity contribution < 1.29 is 4.39 Å². The molecule has 0 fully saturated rings. The van der Waals surface area contributed by atoms with Crippen LogP contribution in [-0.4, -0.2) is 9.97 Å². The van der Waals surface area contributed by atoms with Crippen molar-refractivity contribution in [2.24, 2.45) is 0 Å². The number of fused-ring (bicyclic) bond motifs is 1. The van der Waals surface area contributed by atoms with E-state index >= 15 is 0 Å². The van der Waals surface area contributed by atoms with Crippen LogP contribution in [0.2, 0.25) is 0 Å². The second kappa shape index (κ2) is 6.20. The van der Waals surface area contributed by atoms with Gasteiger partial charge in [0.2, 0.25) is 0 Å². The predicted molar refractivity (Wildman–Crippen MR) is 97.5 cm³/mol. The number of rotatable bonds is 3. The average molecular weight is 331 g/mol. The summed E-state index contributed by atoms with van der Waals surface area (Å²) in [6, 6.07) is 17.6. The van der Waals surface area contributed by atoms with Crippen molar-refractivity contribution in [3.05, 3.63) is 89.2 Å². The molecule has 0 unspecified atom stereocenters. The third-order valence-electron chi connectivity index (χ3n) is 3.98. The van der Waals surface area contributed by atoms with E-state index in [1.807, 2.05) is 30.3 Å². The van der Waals surface area contributed by atoms with Crippen LogP contribution < -0.4 is 10.9 Å². The number of aromatic nitrogens is 2. The number of aromatic amines is 1. The fourth-order valence-electron chi connectivity index (χ4n) is 2.84. The van der Waals surface area contributed by atoms with E-state index in [4.69, 9.17) is 0 Å². The van der Waals surface area contributed by atoms with E-state index in [9.17, 15) is 9.18 Å². The minimum Gasteiger partial charge on any atom is -0.340 e. The molecule has 0 aliphatic heterocycles. The van der Waals surface area contributed by atoms with Gasteiger partial charge in [-0.1, -0.05) is 30.3 Å². The van der Waals surface area contributed by atoms with Gasteiger partial charge in [-0.25, -0.2) is 9.37 Å². The van der Waals surface area contributed by atoms with Crippen molar-refractivity contribution in [2.45, 2.75) is 0 Å². The van der Waals surface area contributed by atoms with Gasteiger partial charge in [-0.2, -0.15) is 0 Å². The predicted octanol–water partition coefficient (Wildman–Crippen LogP) is 4.47. The second-order valence-electron chi connectivity index (χ2n) is 5.62. The Hall–Kier alpha value is -3.47. The highest BCUT2D eigenvalue weighted by molar-refractivity contribution is 6.01. The van der Waals surface area contributed by atoms with E-state index < -0.39 is 0 Å². The van der Waals surface area contributed by atoms with E-state index in [2.05, 4.69) is 15.3 Å². The summed E-state index contributed by atoms with van der Waals surface area (Å²) in [4.78, 5) is 19.5. The molecule has 2 N–H and O–H groups in total. The number of pyridine rings is 2. The molecule has 5 heteroatoms. The number of para-hydroxylation sites is 1. The summed E-state index contributed by atoms with van der Waals surface area (Å²) in [7, 11) is 0. The number of benzene rings is 2. The highest BCUT2D eigenvalue weighted by atomic mass is 19.1. The molecule has 2 heterocycles. The maximum absolute atomic E-state index is 13.6. The van der Waals surface area contributed by atoms with Gasteiger partial charge in [-0.05, 0) is 35.9 Å². The zero-order chi connectivity index (χ0) is 17.2. The first kappa shape index (κ1) is 15.1. The topological polar surface area (TPSA) is 57.8 Å². The molecule has 2 aromatic carbocycles. The number of halogens is 1. The Kier molecular flexibility index (Phi) is 3.74. The van der Waals surface area contributed by atoms with Gasteiger partial charge < -0.3 is 10.3 Å². The minimum atomic E-state index is -0.332. The van der Waals surface area contributed by atoms with Crippen LogP contribution in [0.3, 0.4) is 0 Å². The van der Waals surface area contributed by atoms with Gasteiger partial charge in [0.1, 0.15) is 11.6 Å². The van der Waals surface area contributed by atoms with Crippen LogP contribution in [0, 0.1) is 5.82 Å². The lowest BCUT2D eigenvalue weighted by atomic mass is 10.0. The first-order chi connectivity index (χ1) is 12.2. The summed E-state index contributed by atoms with van der Waals surface area (Å²) >= 11 is 0. The van der Waals surface area contributed by atoms with Crippen molar-refractivity contribution >= 4 is 22.3 Å². The standard InChI is InChI=1S/C20H14FN3O/c21-14-6-4-5-13(11-14)17-12-23-19(24-15-7-2-1-3-8-15)18-16(17)9-10-22-20(18)25/h1-12H,(H,22,25)(H,23,24). The molecule has 0 atom stereocenters. The molecular weight excluding hydrogens is 317 g/mol. The lowest BCUT2D eigenvalue weighted by Gasteiger charge is -2.12. The van der Waals surface area contributed by atoms with Crippen LogP contribution in [0.5, 0.6) is 0 Å². The lowest BCUT2D eigenvalue weighted by Crippen LogP contribution is -2.09. The van der Waals surface area contributed by atoms with E-state index in [1.165, 1.54) is 12.1 Å². The average Bonchev–Trinajstić information content (AvgIpc) is 2.63. The first-order valence-electron chi connectivity index (χ1n) is 7.81. The summed E-state index contributed by atoms with van der Waals surface area (Å²) in [5.41, 5.74) is 1.97. The Morgan fingerprint density at radius 1 is 1.00 bits per heavy atom. The maximum Gasteiger partial charge on any atom is 0.259 e. The van der Waals surface area contributed by atoms with Gasteiger partial charge in [0, 0.05) is 29.0 Å². The molecule has 0 saturated carbocycles. The normalized spacial score (nSPS) is 10.8. The van der Waals surface area contributed by atoms with Crippen LogP contribution in [0.1, 0.15) is 0 Å². The molecule has 0 radical (unpaired) electrons. The quantitative estimate of drug-likeness (QED) is 0.582. The number of H-pyrrole nitrogens is 1. The largest absolute Gasteiger partial charge is 0.340 e. The number of hydrogen-bond donors (Lipinski definition) is 2. The van der Waals surface area contributed by atoms with Gasteiger partial charge in [-0.15, -0.1) is 0 Å². The van der Waals surface area contributed by atoms with Gasteiger partial charge in [-0.3, -0.25) is 4.79 Å². The number of hydrogen-bond acceptors (Lipinski definition) is 3. The maximum atomic E-state index is 13.6. The Labute approximate surface area is 143 Å². The van der Waals surface area contributed by atoms with E-state index in [-0.39, 0.29) is 11.4 Å². The molecule has 0 saturated heterocycles. The molecule has 25 heavy (non-hydrogen) atoms. The fraction of sp³-hybridized carbons (Fsp3) is 0. The van der Waals surface area contributed by atoms with Crippen molar-refractivity contribution in [2.75, 3.05) is 5.32 Å². The van der Waals surface area contributed by atoms with E-state index in [0.29, 0.717) is 27.7 Å². The molecule has 0 bridgehead atoms. The molecule has 4 aromatic rings. The van der Waals surface area contributed by atoms with Crippen LogP contribution >= 0.6 is 0 Å². The third-order valence-corrected chi connectivity index (χ3v) is 3.98. The smallest absolute Gasteiger partial charge is 0.259 e. The Morgan fingerprint density at radius 3 is 2.64 bits per heavy atom. The summed E-state index contributed by atoms with van der Waals surface area (Å²) in [6.45, 7) is 0. The zero-order valence-electron chi connectivity index (χ0n) is 13.2. The molecule has 0 spiro atoms. The van der Waals surface area contributed by atoms with E-state index in [1.54, 1.807) is 30.6 Å². The SMILES string of the molecule is O=c1[nH]ccc2c(-c3cccc(F)c3)cnc(Nc3ccccc3)c12. The van der Waals surface area contributed by atoms with Crippen LogP contribution in [0.4, 0.5) is 15.9 Å². The molecule has 0 aliphatic rings. The van der Waals surface area contributed by atoms with Crippen LogP contribution in [-0.2, 0) is 0 Å². The summed E-state index contributed by atoms with van der Waals surface area (Å²) in [6.07, 6.45) is 3.24. The van der Waals surface area contributed by atoms with Gasteiger partial charge in [0.15, 0.2) is 0 Å². The first-order valence-corrected chi connectivity index (χ1v) is 7.81. The van der Waals surface area contributed by atoms with Crippen molar-refractivity contribution in [3.63, 3.8) is 0 Å². The van der Waals surface area contributed by atoms with Gasteiger partial charge in [0.25, 0.3) is 5.56 Å². The molecule has 2 aromatic heterocycles.